The summed E-state index contributed by atoms with van der Waals surface area (Å²) in [6.07, 6.45) is 0.180. The Kier molecular flexibility index (Phi) is 11.0. The normalized spacial score (nSPS) is 12.1. The van der Waals surface area contributed by atoms with E-state index in [-0.39, 0.29) is 29.8 Å². The van der Waals surface area contributed by atoms with E-state index < -0.39 is 34.3 Å². The fraction of sp³-hybridized carbons (Fsp3) is 0.257. The first-order chi connectivity index (χ1) is 21.3. The number of sulfonamides is 1. The lowest BCUT2D eigenvalue weighted by atomic mass is 10.0. The second kappa shape index (κ2) is 14.7. The van der Waals surface area contributed by atoms with Crippen LogP contribution in [0.25, 0.3) is 0 Å². The summed E-state index contributed by atoms with van der Waals surface area (Å²) in [4.78, 5) is 29.5. The van der Waals surface area contributed by atoms with Crippen molar-refractivity contribution in [3.05, 3.63) is 130 Å². The van der Waals surface area contributed by atoms with Gasteiger partial charge in [-0.3, -0.25) is 13.9 Å². The van der Waals surface area contributed by atoms with Crippen LogP contribution in [0.2, 0.25) is 5.02 Å². The molecule has 0 spiro atoms. The number of nitrogens with zero attached hydrogens (tertiary/aromatic N) is 2. The second-order valence-electron chi connectivity index (χ2n) is 11.3. The van der Waals surface area contributed by atoms with Crippen molar-refractivity contribution < 1.29 is 22.4 Å². The predicted molar refractivity (Wildman–Crippen MR) is 176 cm³/mol. The molecule has 0 fully saturated rings. The fourth-order valence-corrected chi connectivity index (χ4v) is 6.40. The van der Waals surface area contributed by atoms with E-state index in [1.807, 2.05) is 58.0 Å². The molecule has 0 saturated carbocycles. The number of amides is 2. The average Bonchev–Trinajstić information content (AvgIpc) is 3.00. The third-order valence-electron chi connectivity index (χ3n) is 7.43. The van der Waals surface area contributed by atoms with Gasteiger partial charge in [0.25, 0.3) is 10.0 Å². The Morgan fingerprint density at radius 2 is 1.49 bits per heavy atom. The highest BCUT2D eigenvalue weighted by Gasteiger charge is 2.35. The number of hydrogen-bond acceptors (Lipinski definition) is 4. The number of nitrogens with one attached hydrogen (secondary N) is 1. The topological polar surface area (TPSA) is 86.8 Å². The quantitative estimate of drug-likeness (QED) is 0.191. The molecular weight excluding hydrogens is 613 g/mol. The van der Waals surface area contributed by atoms with Crippen LogP contribution in [0.5, 0.6) is 0 Å². The molecule has 0 aromatic heterocycles. The zero-order valence-electron chi connectivity index (χ0n) is 25.7. The van der Waals surface area contributed by atoms with E-state index in [0.717, 1.165) is 21.0 Å². The van der Waals surface area contributed by atoms with Gasteiger partial charge in [-0.2, -0.15) is 0 Å². The Morgan fingerprint density at radius 3 is 2.09 bits per heavy atom. The Hall–Kier alpha value is -4.21. The lowest BCUT2D eigenvalue weighted by Gasteiger charge is -2.34. The summed E-state index contributed by atoms with van der Waals surface area (Å²) in [6.45, 7) is 6.78. The van der Waals surface area contributed by atoms with Gasteiger partial charge in [-0.05, 0) is 98.5 Å². The van der Waals surface area contributed by atoms with Crippen LogP contribution in [-0.2, 0) is 32.6 Å². The maximum absolute atomic E-state index is 14.4. The molecule has 236 valence electrons. The van der Waals surface area contributed by atoms with E-state index in [0.29, 0.717) is 16.3 Å². The molecule has 0 aliphatic rings. The number of rotatable bonds is 12. The molecule has 0 heterocycles. The van der Waals surface area contributed by atoms with Crippen LogP contribution in [0.1, 0.15) is 36.1 Å². The number of aryl methyl sites for hydroxylation is 2. The summed E-state index contributed by atoms with van der Waals surface area (Å²) < 4.78 is 43.1. The lowest BCUT2D eigenvalue weighted by Crippen LogP contribution is -2.54. The minimum atomic E-state index is -4.25. The molecule has 10 heteroatoms. The summed E-state index contributed by atoms with van der Waals surface area (Å²) in [5, 5.41) is 3.28. The van der Waals surface area contributed by atoms with E-state index in [4.69, 9.17) is 11.6 Å². The van der Waals surface area contributed by atoms with Crippen molar-refractivity contribution in [2.45, 2.75) is 57.6 Å². The molecule has 0 bridgehead atoms. The first-order valence-electron chi connectivity index (χ1n) is 14.6. The van der Waals surface area contributed by atoms with E-state index in [1.54, 1.807) is 30.3 Å². The summed E-state index contributed by atoms with van der Waals surface area (Å²) in [5.74, 6) is -1.43. The summed E-state index contributed by atoms with van der Waals surface area (Å²) >= 11 is 6.05. The monoisotopic (exact) mass is 649 g/mol. The van der Waals surface area contributed by atoms with E-state index in [1.165, 1.54) is 41.3 Å². The maximum Gasteiger partial charge on any atom is 0.264 e. The van der Waals surface area contributed by atoms with Gasteiger partial charge < -0.3 is 10.2 Å². The number of carbonyl (C=O) groups is 2. The molecular formula is C35H37ClFN3O4S. The Morgan fingerprint density at radius 1 is 0.844 bits per heavy atom. The maximum atomic E-state index is 14.4. The van der Waals surface area contributed by atoms with Crippen molar-refractivity contribution in [2.75, 3.05) is 10.8 Å². The van der Waals surface area contributed by atoms with Gasteiger partial charge in [0.05, 0.1) is 10.6 Å². The molecule has 0 saturated heterocycles. The summed E-state index contributed by atoms with van der Waals surface area (Å²) in [5.41, 5.74) is 3.50. The van der Waals surface area contributed by atoms with Gasteiger partial charge >= 0.3 is 0 Å². The molecule has 2 amide bonds. The van der Waals surface area contributed by atoms with Crippen molar-refractivity contribution >= 4 is 39.1 Å². The Bertz CT molecular complexity index is 1730. The lowest BCUT2D eigenvalue weighted by molar-refractivity contribution is -0.140. The molecule has 4 rings (SSSR count). The van der Waals surface area contributed by atoms with E-state index >= 15 is 0 Å². The molecule has 1 N–H and O–H groups in total. The van der Waals surface area contributed by atoms with Crippen LogP contribution in [-0.4, -0.2) is 43.8 Å². The molecule has 0 aliphatic carbocycles. The van der Waals surface area contributed by atoms with Crippen molar-refractivity contribution in [2.24, 2.45) is 0 Å². The molecule has 0 radical (unpaired) electrons. The van der Waals surface area contributed by atoms with Crippen LogP contribution >= 0.6 is 11.6 Å². The number of anilines is 1. The van der Waals surface area contributed by atoms with Crippen molar-refractivity contribution in [1.82, 2.24) is 10.2 Å². The van der Waals surface area contributed by atoms with Gasteiger partial charge in [0.1, 0.15) is 18.4 Å². The summed E-state index contributed by atoms with van der Waals surface area (Å²) in [6, 6.07) is 24.6. The number of carbonyl (C=O) groups excluding carboxylic acids is 2. The van der Waals surface area contributed by atoms with Gasteiger partial charge in [-0.25, -0.2) is 12.8 Å². The first kappa shape index (κ1) is 33.7. The van der Waals surface area contributed by atoms with Crippen LogP contribution in [0, 0.1) is 19.7 Å². The van der Waals surface area contributed by atoms with Gasteiger partial charge in [-0.1, -0.05) is 60.1 Å². The van der Waals surface area contributed by atoms with Gasteiger partial charge in [0.15, 0.2) is 0 Å². The largest absolute Gasteiger partial charge is 0.352 e. The first-order valence-corrected chi connectivity index (χ1v) is 16.4. The molecule has 0 aliphatic heterocycles. The predicted octanol–water partition coefficient (Wildman–Crippen LogP) is 6.46. The van der Waals surface area contributed by atoms with E-state index in [2.05, 4.69) is 5.32 Å². The highest BCUT2D eigenvalue weighted by molar-refractivity contribution is 7.92. The molecule has 45 heavy (non-hydrogen) atoms. The van der Waals surface area contributed by atoms with Crippen LogP contribution < -0.4 is 9.62 Å². The standard InChI is InChI=1S/C35H37ClFN3O4S/c1-24(2)38-35(42)33(21-27-8-6-5-7-9-27)39(22-28-11-15-30(37)16-12-28)34(41)23-40(31-17-10-25(3)26(4)20-31)45(43,44)32-18-13-29(36)14-19-32/h5-20,24,33H,21-23H2,1-4H3,(H,38,42)/t33-/m1/s1. The van der Waals surface area contributed by atoms with Gasteiger partial charge in [0.2, 0.25) is 11.8 Å². The van der Waals surface area contributed by atoms with Crippen molar-refractivity contribution in [1.29, 1.82) is 0 Å². The SMILES string of the molecule is Cc1ccc(N(CC(=O)N(Cc2ccc(F)cc2)[C@H](Cc2ccccc2)C(=O)NC(C)C)S(=O)(=O)c2ccc(Cl)cc2)cc1C. The highest BCUT2D eigenvalue weighted by Crippen LogP contribution is 2.27. The fourth-order valence-electron chi connectivity index (χ4n) is 4.86. The van der Waals surface area contributed by atoms with Crippen LogP contribution in [0.15, 0.2) is 102 Å². The molecule has 7 nitrogen and oxygen atoms in total. The molecule has 4 aromatic rings. The minimum Gasteiger partial charge on any atom is -0.352 e. The average molecular weight is 650 g/mol. The molecule has 4 aromatic carbocycles. The van der Waals surface area contributed by atoms with Crippen LogP contribution in [0.4, 0.5) is 10.1 Å². The molecule has 0 unspecified atom stereocenters. The Balaban J connectivity index is 1.82. The summed E-state index contributed by atoms with van der Waals surface area (Å²) in [7, 11) is -4.25. The second-order valence-corrected chi connectivity index (χ2v) is 13.5. The number of hydrogen-bond donors (Lipinski definition) is 1. The minimum absolute atomic E-state index is 0.0404. The van der Waals surface area contributed by atoms with Crippen LogP contribution in [0.3, 0.4) is 0 Å². The van der Waals surface area contributed by atoms with E-state index in [9.17, 15) is 22.4 Å². The number of benzene rings is 4. The highest BCUT2D eigenvalue weighted by atomic mass is 35.5. The smallest absolute Gasteiger partial charge is 0.264 e. The van der Waals surface area contributed by atoms with Gasteiger partial charge in [-0.15, -0.1) is 0 Å². The van der Waals surface area contributed by atoms with Gasteiger partial charge in [0, 0.05) is 24.0 Å². The third-order valence-corrected chi connectivity index (χ3v) is 9.47. The Labute approximate surface area is 269 Å². The van der Waals surface area contributed by atoms with Crippen molar-refractivity contribution in [3.63, 3.8) is 0 Å². The zero-order chi connectivity index (χ0) is 32.7. The number of halogens is 2. The zero-order valence-corrected chi connectivity index (χ0v) is 27.3. The molecule has 1 atom stereocenters. The van der Waals surface area contributed by atoms with Crippen molar-refractivity contribution in [3.8, 4) is 0 Å². The third kappa shape index (κ3) is 8.71.